The van der Waals surface area contributed by atoms with Crippen molar-refractivity contribution in [2.45, 2.75) is 4.90 Å². The highest BCUT2D eigenvalue weighted by atomic mass is 127. The number of H-pyrrole nitrogens is 1. The summed E-state index contributed by atoms with van der Waals surface area (Å²) in [6.45, 7) is 3.88. The molecule has 0 aliphatic carbocycles. The van der Waals surface area contributed by atoms with Crippen LogP contribution in [0.15, 0.2) is 58.2 Å². The summed E-state index contributed by atoms with van der Waals surface area (Å²) < 4.78 is 25.0. The minimum atomic E-state index is -3.78. The Kier molecular flexibility index (Phi) is 4.67. The fourth-order valence-electron chi connectivity index (χ4n) is 2.37. The first kappa shape index (κ1) is 17.6. The highest BCUT2D eigenvalue weighted by Gasteiger charge is 2.09. The van der Waals surface area contributed by atoms with Gasteiger partial charge >= 0.3 is 0 Å². The molecule has 0 atom stereocenters. The number of hydrogen-bond donors (Lipinski definition) is 2. The van der Waals surface area contributed by atoms with Gasteiger partial charge in [0.25, 0.3) is 5.56 Å². The predicted molar refractivity (Wildman–Crippen MR) is 105 cm³/mol. The number of sulfonamides is 1. The van der Waals surface area contributed by atoms with Crippen LogP contribution >= 0.6 is 22.6 Å². The second kappa shape index (κ2) is 6.62. The van der Waals surface area contributed by atoms with Crippen LogP contribution in [0, 0.1) is 3.57 Å². The van der Waals surface area contributed by atoms with Gasteiger partial charge in [0.1, 0.15) is 0 Å². The van der Waals surface area contributed by atoms with Crippen LogP contribution in [0.3, 0.4) is 0 Å². The number of aromatic amines is 1. The zero-order valence-electron chi connectivity index (χ0n) is 12.9. The normalized spacial score (nSPS) is 12.5. The smallest absolute Gasteiger partial charge is 0.279 e. The Morgan fingerprint density at radius 1 is 1.16 bits per heavy atom. The highest BCUT2D eigenvalue weighted by Crippen LogP contribution is 2.10. The van der Waals surface area contributed by atoms with Crippen LogP contribution in [0.2, 0.25) is 0 Å². The van der Waals surface area contributed by atoms with Crippen molar-refractivity contribution < 1.29 is 8.42 Å². The lowest BCUT2D eigenvalue weighted by atomic mass is 10.2. The number of nitrogens with zero attached hydrogens (tertiary/aromatic N) is 1. The molecule has 0 aliphatic rings. The second-order valence-electron chi connectivity index (χ2n) is 5.38. The van der Waals surface area contributed by atoms with E-state index in [0.717, 1.165) is 9.13 Å². The third-order valence-corrected chi connectivity index (χ3v) is 5.19. The van der Waals surface area contributed by atoms with Gasteiger partial charge in [-0.15, -0.1) is 0 Å². The lowest BCUT2D eigenvalue weighted by molar-refractivity contribution is 0.598. The molecule has 0 unspecified atom stereocenters. The first-order valence-electron chi connectivity index (χ1n) is 7.16. The molecule has 0 fully saturated rings. The van der Waals surface area contributed by atoms with Crippen LogP contribution < -0.4 is 21.3 Å². The van der Waals surface area contributed by atoms with Crippen LogP contribution in [-0.2, 0) is 10.0 Å². The van der Waals surface area contributed by atoms with E-state index in [9.17, 15) is 13.2 Å². The Labute approximate surface area is 157 Å². The van der Waals surface area contributed by atoms with E-state index in [1.165, 1.54) is 28.9 Å². The van der Waals surface area contributed by atoms with Crippen LogP contribution in [-0.4, -0.2) is 18.2 Å². The van der Waals surface area contributed by atoms with E-state index in [2.05, 4.69) is 34.3 Å². The number of nitrogens with two attached hydrogens (primary N) is 1. The van der Waals surface area contributed by atoms with E-state index in [1.807, 2.05) is 24.3 Å². The quantitative estimate of drug-likeness (QED) is 0.554. The Balaban J connectivity index is 2.12. The maximum Gasteiger partial charge on any atom is 0.279 e. The van der Waals surface area contributed by atoms with Crippen molar-refractivity contribution in [3.63, 3.8) is 0 Å². The largest absolute Gasteiger partial charge is 0.291 e. The van der Waals surface area contributed by atoms with Gasteiger partial charge in [0.2, 0.25) is 10.0 Å². The average molecular weight is 467 g/mol. The molecule has 8 heteroatoms. The fraction of sp³-hybridized carbons (Fsp3) is 0. The number of nitrogens with one attached hydrogen (secondary N) is 1. The van der Waals surface area contributed by atoms with Crippen molar-refractivity contribution in [2.24, 2.45) is 5.14 Å². The van der Waals surface area contributed by atoms with Gasteiger partial charge in [0.15, 0.2) is 0 Å². The van der Waals surface area contributed by atoms with E-state index in [4.69, 9.17) is 5.14 Å². The Morgan fingerprint density at radius 3 is 2.44 bits per heavy atom. The van der Waals surface area contributed by atoms with Gasteiger partial charge in [-0.25, -0.2) is 18.2 Å². The SMILES string of the molecule is C=c1[nH]n(-c2ccc(S(N)(=O)=O)cc2)c(=O)/c1=C\c1cccc(I)c1. The second-order valence-corrected chi connectivity index (χ2v) is 8.19. The summed E-state index contributed by atoms with van der Waals surface area (Å²) in [6.07, 6.45) is 1.76. The molecule has 1 aromatic heterocycles. The maximum absolute atomic E-state index is 12.7. The van der Waals surface area contributed by atoms with Crippen LogP contribution in [0.4, 0.5) is 0 Å². The van der Waals surface area contributed by atoms with Crippen LogP contribution in [0.25, 0.3) is 18.3 Å². The summed E-state index contributed by atoms with van der Waals surface area (Å²) in [7, 11) is -3.78. The molecule has 25 heavy (non-hydrogen) atoms. The number of hydrogen-bond acceptors (Lipinski definition) is 3. The average Bonchev–Trinajstić information content (AvgIpc) is 2.82. The lowest BCUT2D eigenvalue weighted by Crippen LogP contribution is -2.33. The lowest BCUT2D eigenvalue weighted by Gasteiger charge is -2.02. The molecule has 6 nitrogen and oxygen atoms in total. The minimum Gasteiger partial charge on any atom is -0.291 e. The number of primary sulfonamides is 1. The van der Waals surface area contributed by atoms with E-state index in [-0.39, 0.29) is 10.5 Å². The fourth-order valence-corrected chi connectivity index (χ4v) is 3.46. The van der Waals surface area contributed by atoms with Gasteiger partial charge in [0, 0.05) is 3.57 Å². The molecule has 3 N–H and O–H groups in total. The monoisotopic (exact) mass is 467 g/mol. The van der Waals surface area contributed by atoms with E-state index in [0.29, 0.717) is 16.3 Å². The molecule has 2 aromatic carbocycles. The first-order valence-corrected chi connectivity index (χ1v) is 9.79. The van der Waals surface area contributed by atoms with Crippen LogP contribution in [0.1, 0.15) is 5.56 Å². The molecule has 0 amide bonds. The van der Waals surface area contributed by atoms with Gasteiger partial charge in [-0.2, -0.15) is 0 Å². The topological polar surface area (TPSA) is 97.9 Å². The van der Waals surface area contributed by atoms with Crippen molar-refractivity contribution >= 4 is 45.3 Å². The molecule has 1 heterocycles. The molecule has 128 valence electrons. The molecule has 0 bridgehead atoms. The van der Waals surface area contributed by atoms with Crippen molar-refractivity contribution in [2.75, 3.05) is 0 Å². The summed E-state index contributed by atoms with van der Waals surface area (Å²) in [6, 6.07) is 13.4. The summed E-state index contributed by atoms with van der Waals surface area (Å²) in [5.74, 6) is 0. The van der Waals surface area contributed by atoms with E-state index >= 15 is 0 Å². The summed E-state index contributed by atoms with van der Waals surface area (Å²) in [5, 5.41) is 8.90. The number of halogens is 1. The standard InChI is InChI=1S/C17H14IN3O3S/c1-11-16(10-12-3-2-4-13(18)9-12)17(22)21(20-11)14-5-7-15(8-6-14)25(19,23)24/h2-10,20H,1H2,(H2,19,23,24)/b16-10-. The number of benzene rings is 2. The summed E-state index contributed by atoms with van der Waals surface area (Å²) in [5.41, 5.74) is 1.11. The molecule has 3 rings (SSSR count). The van der Waals surface area contributed by atoms with Gasteiger partial charge in [-0.05, 0) is 70.6 Å². The Hall–Kier alpha value is -2.17. The third-order valence-electron chi connectivity index (χ3n) is 3.59. The van der Waals surface area contributed by atoms with Gasteiger partial charge < -0.3 is 0 Å². The molecular formula is C17H14IN3O3S. The van der Waals surface area contributed by atoms with Crippen molar-refractivity contribution in [3.8, 4) is 5.69 Å². The molecule has 3 aromatic rings. The van der Waals surface area contributed by atoms with Crippen molar-refractivity contribution in [1.82, 2.24) is 9.78 Å². The van der Waals surface area contributed by atoms with Gasteiger partial charge in [0.05, 0.1) is 21.2 Å². The zero-order chi connectivity index (χ0) is 18.2. The van der Waals surface area contributed by atoms with Crippen molar-refractivity contribution in [1.29, 1.82) is 0 Å². The molecule has 0 spiro atoms. The maximum atomic E-state index is 12.7. The zero-order valence-corrected chi connectivity index (χ0v) is 15.9. The summed E-state index contributed by atoms with van der Waals surface area (Å²) >= 11 is 2.20. The number of aromatic nitrogens is 2. The van der Waals surface area contributed by atoms with E-state index in [1.54, 1.807) is 6.08 Å². The molecule has 0 saturated heterocycles. The predicted octanol–water partition coefficient (Wildman–Crippen LogP) is 0.657. The minimum absolute atomic E-state index is 0.0173. The van der Waals surface area contributed by atoms with Crippen molar-refractivity contribution in [3.05, 3.63) is 78.6 Å². The molecular weight excluding hydrogens is 453 g/mol. The van der Waals surface area contributed by atoms with Crippen LogP contribution in [0.5, 0.6) is 0 Å². The van der Waals surface area contributed by atoms with Gasteiger partial charge in [-0.3, -0.25) is 9.89 Å². The third kappa shape index (κ3) is 3.75. The molecule has 0 radical (unpaired) electrons. The number of rotatable bonds is 3. The highest BCUT2D eigenvalue weighted by molar-refractivity contribution is 14.1. The van der Waals surface area contributed by atoms with Gasteiger partial charge in [-0.1, -0.05) is 18.7 Å². The summed E-state index contributed by atoms with van der Waals surface area (Å²) in [4.78, 5) is 12.7. The molecule has 0 saturated carbocycles. The van der Waals surface area contributed by atoms with E-state index < -0.39 is 10.0 Å². The first-order chi connectivity index (χ1) is 11.8. The Morgan fingerprint density at radius 2 is 1.84 bits per heavy atom. The Bertz CT molecular complexity index is 1210. The molecule has 0 aliphatic heterocycles.